The van der Waals surface area contributed by atoms with Gasteiger partial charge in [0, 0.05) is 17.3 Å². The van der Waals surface area contributed by atoms with Gasteiger partial charge < -0.3 is 9.52 Å². The maximum Gasteiger partial charge on any atom is 0.372 e. The van der Waals surface area contributed by atoms with Crippen molar-refractivity contribution in [3.8, 4) is 0 Å². The van der Waals surface area contributed by atoms with E-state index >= 15 is 0 Å². The molecule has 72 valence electrons. The fraction of sp³-hybridized carbons (Fsp3) is 0.444. The van der Waals surface area contributed by atoms with E-state index < -0.39 is 5.97 Å². The summed E-state index contributed by atoms with van der Waals surface area (Å²) in [5.74, 6) is -0.178. The molecule has 1 rings (SSSR count). The number of rotatable bonds is 4. The third-order valence-corrected chi connectivity index (χ3v) is 2.17. The molecule has 1 N–H and O–H groups in total. The minimum Gasteiger partial charge on any atom is -0.475 e. The monoisotopic (exact) mass is 246 g/mol. The first-order chi connectivity index (χ1) is 6.19. The topological polar surface area (TPSA) is 50.4 Å². The van der Waals surface area contributed by atoms with Crippen LogP contribution in [0.1, 0.15) is 28.8 Å². The molecule has 0 spiro atoms. The Labute approximate surface area is 84.9 Å². The highest BCUT2D eigenvalue weighted by atomic mass is 79.9. The summed E-state index contributed by atoms with van der Waals surface area (Å²) in [5.41, 5.74) is 0.767. The van der Waals surface area contributed by atoms with E-state index in [1.165, 1.54) is 0 Å². The van der Waals surface area contributed by atoms with Gasteiger partial charge in [0.2, 0.25) is 5.76 Å². The van der Waals surface area contributed by atoms with Crippen LogP contribution in [0.2, 0.25) is 0 Å². The first-order valence-electron chi connectivity index (χ1n) is 4.09. The van der Waals surface area contributed by atoms with Crippen molar-refractivity contribution in [3.63, 3.8) is 0 Å². The molecular weight excluding hydrogens is 236 g/mol. The highest BCUT2D eigenvalue weighted by molar-refractivity contribution is 9.09. The first kappa shape index (κ1) is 10.3. The Hall–Kier alpha value is -0.770. The Bertz CT molecular complexity index is 304. The molecule has 0 atom stereocenters. The molecule has 0 unspecified atom stereocenters. The molecule has 1 aromatic heterocycles. The molecule has 0 fully saturated rings. The third kappa shape index (κ3) is 2.34. The number of halogens is 1. The molecule has 0 aliphatic rings. The molecule has 4 heteroatoms. The molecule has 0 saturated heterocycles. The van der Waals surface area contributed by atoms with Crippen molar-refractivity contribution in [2.75, 3.05) is 5.33 Å². The van der Waals surface area contributed by atoms with Gasteiger partial charge in [0.05, 0.1) is 0 Å². The average molecular weight is 247 g/mol. The van der Waals surface area contributed by atoms with Crippen molar-refractivity contribution in [2.45, 2.75) is 19.8 Å². The van der Waals surface area contributed by atoms with Crippen molar-refractivity contribution in [2.24, 2.45) is 0 Å². The van der Waals surface area contributed by atoms with Crippen LogP contribution in [0.25, 0.3) is 0 Å². The van der Waals surface area contributed by atoms with Crippen molar-refractivity contribution in [1.29, 1.82) is 0 Å². The molecule has 0 amide bonds. The fourth-order valence-electron chi connectivity index (χ4n) is 1.15. The summed E-state index contributed by atoms with van der Waals surface area (Å²) in [7, 11) is 0. The summed E-state index contributed by atoms with van der Waals surface area (Å²) >= 11 is 3.27. The molecule has 3 nitrogen and oxygen atoms in total. The Kier molecular flexibility index (Phi) is 3.54. The summed E-state index contributed by atoms with van der Waals surface area (Å²) in [6.07, 6.45) is 1.41. The lowest BCUT2D eigenvalue weighted by atomic mass is 10.2. The van der Waals surface area contributed by atoms with Gasteiger partial charge in [0.25, 0.3) is 0 Å². The number of carboxylic acid groups (broad SMARTS) is 1. The quantitative estimate of drug-likeness (QED) is 0.831. The van der Waals surface area contributed by atoms with Gasteiger partial charge in [-0.15, -0.1) is 0 Å². The second-order valence-corrected chi connectivity index (χ2v) is 3.46. The Morgan fingerprint density at radius 2 is 2.38 bits per heavy atom. The van der Waals surface area contributed by atoms with Crippen LogP contribution in [0.4, 0.5) is 0 Å². The third-order valence-electron chi connectivity index (χ3n) is 1.78. The summed E-state index contributed by atoms with van der Waals surface area (Å²) in [6, 6.07) is 1.81. The minimum absolute atomic E-state index is 0.0819. The normalized spacial score (nSPS) is 10.3. The number of hydrogen-bond acceptors (Lipinski definition) is 2. The molecule has 0 aromatic carbocycles. The number of furan rings is 1. The summed E-state index contributed by atoms with van der Waals surface area (Å²) < 4.78 is 5.18. The zero-order chi connectivity index (χ0) is 9.84. The zero-order valence-electron chi connectivity index (χ0n) is 7.34. The van der Waals surface area contributed by atoms with Crippen LogP contribution >= 0.6 is 15.9 Å². The second kappa shape index (κ2) is 4.46. The van der Waals surface area contributed by atoms with Crippen molar-refractivity contribution in [1.82, 2.24) is 0 Å². The predicted molar refractivity (Wildman–Crippen MR) is 52.5 cm³/mol. The van der Waals surface area contributed by atoms with E-state index in [0.717, 1.165) is 23.1 Å². The maximum absolute atomic E-state index is 10.7. The van der Waals surface area contributed by atoms with Crippen LogP contribution in [-0.2, 0) is 12.8 Å². The van der Waals surface area contributed by atoms with Gasteiger partial charge in [-0.05, 0) is 12.5 Å². The number of carbonyl (C=O) groups is 1. The van der Waals surface area contributed by atoms with Crippen LogP contribution < -0.4 is 0 Å². The van der Waals surface area contributed by atoms with E-state index in [1.54, 1.807) is 0 Å². The lowest BCUT2D eigenvalue weighted by Gasteiger charge is -1.90. The molecule has 0 aliphatic heterocycles. The maximum atomic E-state index is 10.7. The number of aryl methyl sites for hydroxylation is 2. The van der Waals surface area contributed by atoms with Gasteiger partial charge in [0.1, 0.15) is 5.76 Å². The van der Waals surface area contributed by atoms with Gasteiger partial charge in [0.15, 0.2) is 0 Å². The Morgan fingerprint density at radius 1 is 1.69 bits per heavy atom. The van der Waals surface area contributed by atoms with Crippen LogP contribution in [0, 0.1) is 0 Å². The van der Waals surface area contributed by atoms with E-state index in [1.807, 2.05) is 13.0 Å². The SMILES string of the molecule is CCc1cc(CCBr)oc1C(=O)O. The largest absolute Gasteiger partial charge is 0.475 e. The molecule has 13 heavy (non-hydrogen) atoms. The number of aromatic carboxylic acids is 1. The van der Waals surface area contributed by atoms with Gasteiger partial charge >= 0.3 is 5.97 Å². The average Bonchev–Trinajstić information content (AvgIpc) is 2.48. The zero-order valence-corrected chi connectivity index (χ0v) is 8.93. The molecule has 1 aromatic rings. The lowest BCUT2D eigenvalue weighted by molar-refractivity contribution is 0.0659. The van der Waals surface area contributed by atoms with Crippen molar-refractivity contribution in [3.05, 3.63) is 23.2 Å². The second-order valence-electron chi connectivity index (χ2n) is 2.66. The fourth-order valence-corrected chi connectivity index (χ4v) is 1.54. The molecule has 0 bridgehead atoms. The highest BCUT2D eigenvalue weighted by Crippen LogP contribution is 2.17. The Balaban J connectivity index is 2.97. The molecule has 0 aliphatic carbocycles. The van der Waals surface area contributed by atoms with Gasteiger partial charge in [-0.2, -0.15) is 0 Å². The lowest BCUT2D eigenvalue weighted by Crippen LogP contribution is -1.97. The highest BCUT2D eigenvalue weighted by Gasteiger charge is 2.15. The van der Waals surface area contributed by atoms with Crippen LogP contribution in [0.15, 0.2) is 10.5 Å². The van der Waals surface area contributed by atoms with Crippen LogP contribution in [-0.4, -0.2) is 16.4 Å². The summed E-state index contributed by atoms with van der Waals surface area (Å²) in [6.45, 7) is 1.91. The van der Waals surface area contributed by atoms with Crippen LogP contribution in [0.5, 0.6) is 0 Å². The predicted octanol–water partition coefficient (Wildman–Crippen LogP) is 2.48. The van der Waals surface area contributed by atoms with E-state index in [2.05, 4.69) is 15.9 Å². The number of carboxylic acids is 1. The van der Waals surface area contributed by atoms with E-state index in [9.17, 15) is 4.79 Å². The Morgan fingerprint density at radius 3 is 2.77 bits per heavy atom. The van der Waals surface area contributed by atoms with Gasteiger partial charge in [-0.25, -0.2) is 4.79 Å². The molecule has 0 radical (unpaired) electrons. The van der Waals surface area contributed by atoms with Gasteiger partial charge in [-0.3, -0.25) is 0 Å². The minimum atomic E-state index is -0.988. The smallest absolute Gasteiger partial charge is 0.372 e. The molecular formula is C9H11BrO3. The number of hydrogen-bond donors (Lipinski definition) is 1. The first-order valence-corrected chi connectivity index (χ1v) is 5.22. The van der Waals surface area contributed by atoms with E-state index in [4.69, 9.17) is 9.52 Å². The van der Waals surface area contributed by atoms with Crippen molar-refractivity contribution >= 4 is 21.9 Å². The van der Waals surface area contributed by atoms with Crippen molar-refractivity contribution < 1.29 is 14.3 Å². The van der Waals surface area contributed by atoms with E-state index in [0.29, 0.717) is 6.42 Å². The van der Waals surface area contributed by atoms with Crippen LogP contribution in [0.3, 0.4) is 0 Å². The standard InChI is InChI=1S/C9H11BrO3/c1-2-6-5-7(3-4-10)13-8(6)9(11)12/h5H,2-4H2,1H3,(H,11,12). The number of alkyl halides is 1. The summed E-state index contributed by atoms with van der Waals surface area (Å²) in [4.78, 5) is 10.7. The molecule has 1 heterocycles. The van der Waals surface area contributed by atoms with E-state index in [-0.39, 0.29) is 5.76 Å². The summed E-state index contributed by atoms with van der Waals surface area (Å²) in [5, 5.41) is 9.55. The van der Waals surface area contributed by atoms with Gasteiger partial charge in [-0.1, -0.05) is 22.9 Å². The molecule has 0 saturated carbocycles.